The third-order valence-corrected chi connectivity index (χ3v) is 3.36. The molecule has 2 rings (SSSR count). The van der Waals surface area contributed by atoms with Crippen LogP contribution in [0.25, 0.3) is 0 Å². The monoisotopic (exact) mass is 292 g/mol. The van der Waals surface area contributed by atoms with Crippen LogP contribution in [0.15, 0.2) is 29.0 Å². The first-order valence-corrected chi connectivity index (χ1v) is 6.09. The first kappa shape index (κ1) is 12.0. The van der Waals surface area contributed by atoms with Crippen LogP contribution >= 0.6 is 15.9 Å². The quantitative estimate of drug-likeness (QED) is 0.945. The van der Waals surface area contributed by atoms with Crippen LogP contribution < -0.4 is 5.32 Å². The molecule has 1 N–H and O–H groups in total. The largest absolute Gasteiger partial charge is 0.372 e. The van der Waals surface area contributed by atoms with Gasteiger partial charge in [0.2, 0.25) is 0 Å². The van der Waals surface area contributed by atoms with E-state index in [1.165, 1.54) is 0 Å². The summed E-state index contributed by atoms with van der Waals surface area (Å²) in [6.45, 7) is 1.96. The summed E-state index contributed by atoms with van der Waals surface area (Å²) in [4.78, 5) is 12.9. The Kier molecular flexibility index (Phi) is 3.68. The van der Waals surface area contributed by atoms with E-state index in [0.717, 1.165) is 27.4 Å². The molecule has 0 amide bonds. The van der Waals surface area contributed by atoms with Crippen molar-refractivity contribution in [2.45, 2.75) is 13.3 Å². The van der Waals surface area contributed by atoms with E-state index in [9.17, 15) is 0 Å². The third kappa shape index (κ3) is 2.79. The Morgan fingerprint density at radius 1 is 1.24 bits per heavy atom. The zero-order valence-corrected chi connectivity index (χ0v) is 11.3. The molecule has 0 fully saturated rings. The summed E-state index contributed by atoms with van der Waals surface area (Å²) in [5.74, 6) is 1.63. The summed E-state index contributed by atoms with van der Waals surface area (Å²) in [6.07, 6.45) is 4.27. The lowest BCUT2D eigenvalue weighted by molar-refractivity contribution is 0.934. The van der Waals surface area contributed by atoms with Crippen molar-refractivity contribution in [1.82, 2.24) is 15.0 Å². The van der Waals surface area contributed by atoms with Gasteiger partial charge in [-0.15, -0.1) is 0 Å². The van der Waals surface area contributed by atoms with Crippen molar-refractivity contribution in [1.29, 1.82) is 0 Å². The van der Waals surface area contributed by atoms with Crippen LogP contribution in [0, 0.1) is 6.92 Å². The van der Waals surface area contributed by atoms with Crippen LogP contribution in [0.1, 0.15) is 17.1 Å². The number of rotatable bonds is 3. The van der Waals surface area contributed by atoms with Crippen LogP contribution in [0.3, 0.4) is 0 Å². The second kappa shape index (κ2) is 5.23. The molecule has 0 aromatic carbocycles. The average Bonchev–Trinajstić information content (AvgIpc) is 2.35. The van der Waals surface area contributed by atoms with Gasteiger partial charge in [-0.05, 0) is 40.5 Å². The summed E-state index contributed by atoms with van der Waals surface area (Å²) < 4.78 is 0.915. The van der Waals surface area contributed by atoms with Crippen LogP contribution in [0.5, 0.6) is 0 Å². The standard InChI is InChI=1S/C12H13BrN4/c1-8-11(13)12(14-2)17-10(16-8)7-9-3-5-15-6-4-9/h3-6H,7H2,1-2H3,(H,14,16,17). The van der Waals surface area contributed by atoms with E-state index in [1.54, 1.807) is 12.4 Å². The molecular formula is C12H13BrN4. The minimum absolute atomic E-state index is 0.714. The maximum atomic E-state index is 4.46. The van der Waals surface area contributed by atoms with Crippen LogP contribution in [0.4, 0.5) is 5.82 Å². The van der Waals surface area contributed by atoms with Gasteiger partial charge >= 0.3 is 0 Å². The van der Waals surface area contributed by atoms with E-state index in [0.29, 0.717) is 6.42 Å². The molecule has 88 valence electrons. The second-order valence-corrected chi connectivity index (χ2v) is 4.46. The Bertz CT molecular complexity index is 513. The molecule has 5 heteroatoms. The molecule has 0 atom stereocenters. The summed E-state index contributed by atoms with van der Waals surface area (Å²) >= 11 is 3.46. The molecule has 0 radical (unpaired) electrons. The minimum atomic E-state index is 0.714. The third-order valence-electron chi connectivity index (χ3n) is 2.41. The lowest BCUT2D eigenvalue weighted by Gasteiger charge is -2.08. The lowest BCUT2D eigenvalue weighted by atomic mass is 10.2. The number of nitrogens with zero attached hydrogens (tertiary/aromatic N) is 3. The maximum absolute atomic E-state index is 4.46. The molecular weight excluding hydrogens is 280 g/mol. The molecule has 0 saturated heterocycles. The highest BCUT2D eigenvalue weighted by Crippen LogP contribution is 2.23. The van der Waals surface area contributed by atoms with E-state index in [2.05, 4.69) is 36.2 Å². The molecule has 17 heavy (non-hydrogen) atoms. The van der Waals surface area contributed by atoms with Crippen LogP contribution in [-0.4, -0.2) is 22.0 Å². The van der Waals surface area contributed by atoms with E-state index < -0.39 is 0 Å². The van der Waals surface area contributed by atoms with Crippen LogP contribution in [-0.2, 0) is 6.42 Å². The fraction of sp³-hybridized carbons (Fsp3) is 0.250. The van der Waals surface area contributed by atoms with Crippen molar-refractivity contribution in [3.8, 4) is 0 Å². The number of hydrogen-bond donors (Lipinski definition) is 1. The Labute approximate surface area is 109 Å². The number of hydrogen-bond acceptors (Lipinski definition) is 4. The molecule has 0 unspecified atom stereocenters. The van der Waals surface area contributed by atoms with Gasteiger partial charge in [0, 0.05) is 25.9 Å². The summed E-state index contributed by atoms with van der Waals surface area (Å²) in [6, 6.07) is 3.94. The van der Waals surface area contributed by atoms with Crippen LogP contribution in [0.2, 0.25) is 0 Å². The van der Waals surface area contributed by atoms with Crippen molar-refractivity contribution in [3.63, 3.8) is 0 Å². The summed E-state index contributed by atoms with van der Waals surface area (Å²) in [5.41, 5.74) is 2.09. The average molecular weight is 293 g/mol. The fourth-order valence-electron chi connectivity index (χ4n) is 1.55. The number of nitrogens with one attached hydrogen (secondary N) is 1. The SMILES string of the molecule is CNc1nc(Cc2ccncc2)nc(C)c1Br. The molecule has 2 heterocycles. The van der Waals surface area contributed by atoms with Gasteiger partial charge in [0.15, 0.2) is 0 Å². The lowest BCUT2D eigenvalue weighted by Crippen LogP contribution is -2.04. The molecule has 4 nitrogen and oxygen atoms in total. The molecule has 0 aliphatic heterocycles. The molecule has 0 aliphatic carbocycles. The number of pyridine rings is 1. The Hall–Kier alpha value is -1.49. The number of halogens is 1. The molecule has 2 aromatic heterocycles. The maximum Gasteiger partial charge on any atom is 0.144 e. The fourth-order valence-corrected chi connectivity index (χ4v) is 1.92. The van der Waals surface area contributed by atoms with Crippen molar-refractivity contribution >= 4 is 21.7 Å². The Morgan fingerprint density at radius 2 is 1.94 bits per heavy atom. The van der Waals surface area contributed by atoms with Crippen molar-refractivity contribution in [2.75, 3.05) is 12.4 Å². The highest BCUT2D eigenvalue weighted by atomic mass is 79.9. The molecule has 0 aliphatic rings. The smallest absolute Gasteiger partial charge is 0.144 e. The summed E-state index contributed by atoms with van der Waals surface area (Å²) in [5, 5.41) is 3.05. The number of anilines is 1. The molecule has 2 aromatic rings. The topological polar surface area (TPSA) is 50.7 Å². The Balaban J connectivity index is 2.31. The van der Waals surface area contributed by atoms with Crippen molar-refractivity contribution in [3.05, 3.63) is 46.1 Å². The first-order valence-electron chi connectivity index (χ1n) is 5.30. The van der Waals surface area contributed by atoms with E-state index in [1.807, 2.05) is 26.1 Å². The van der Waals surface area contributed by atoms with Gasteiger partial charge in [-0.3, -0.25) is 4.98 Å². The van der Waals surface area contributed by atoms with Crippen molar-refractivity contribution in [2.24, 2.45) is 0 Å². The van der Waals surface area contributed by atoms with Gasteiger partial charge in [0.1, 0.15) is 11.6 Å². The van der Waals surface area contributed by atoms with Gasteiger partial charge in [0.25, 0.3) is 0 Å². The molecule has 0 saturated carbocycles. The zero-order valence-electron chi connectivity index (χ0n) is 9.74. The zero-order chi connectivity index (χ0) is 12.3. The predicted octanol–water partition coefficient (Wildman–Crippen LogP) is 2.58. The predicted molar refractivity (Wildman–Crippen MR) is 71.1 cm³/mol. The van der Waals surface area contributed by atoms with E-state index >= 15 is 0 Å². The Morgan fingerprint density at radius 3 is 2.59 bits per heavy atom. The number of aromatic nitrogens is 3. The number of aryl methyl sites for hydroxylation is 1. The molecule has 0 bridgehead atoms. The second-order valence-electron chi connectivity index (χ2n) is 3.67. The van der Waals surface area contributed by atoms with Gasteiger partial charge < -0.3 is 5.32 Å². The van der Waals surface area contributed by atoms with E-state index in [4.69, 9.17) is 0 Å². The first-order chi connectivity index (χ1) is 8.20. The van der Waals surface area contributed by atoms with Gasteiger partial charge in [-0.1, -0.05) is 0 Å². The minimum Gasteiger partial charge on any atom is -0.372 e. The van der Waals surface area contributed by atoms with Gasteiger partial charge in [0.05, 0.1) is 10.2 Å². The van der Waals surface area contributed by atoms with Crippen molar-refractivity contribution < 1.29 is 0 Å². The molecule has 0 spiro atoms. The van der Waals surface area contributed by atoms with E-state index in [-0.39, 0.29) is 0 Å². The highest BCUT2D eigenvalue weighted by Gasteiger charge is 2.08. The normalized spacial score (nSPS) is 10.3. The summed E-state index contributed by atoms with van der Waals surface area (Å²) in [7, 11) is 1.85. The van der Waals surface area contributed by atoms with Gasteiger partial charge in [-0.2, -0.15) is 0 Å². The highest BCUT2D eigenvalue weighted by molar-refractivity contribution is 9.10. The van der Waals surface area contributed by atoms with Gasteiger partial charge in [-0.25, -0.2) is 9.97 Å².